The molecule has 0 aliphatic heterocycles. The third-order valence-corrected chi connectivity index (χ3v) is 4.08. The summed E-state index contributed by atoms with van der Waals surface area (Å²) in [6.45, 7) is 6.71. The molecule has 0 radical (unpaired) electrons. The maximum atomic E-state index is 5.41. The number of aliphatic imine (C=N–C) groups is 1. The van der Waals surface area contributed by atoms with Crippen LogP contribution in [0.3, 0.4) is 0 Å². The van der Waals surface area contributed by atoms with Crippen molar-refractivity contribution in [3.05, 3.63) is 36.2 Å². The van der Waals surface area contributed by atoms with Crippen molar-refractivity contribution in [2.45, 2.75) is 52.1 Å². The van der Waals surface area contributed by atoms with E-state index < -0.39 is 0 Å². The van der Waals surface area contributed by atoms with Gasteiger partial charge in [-0.1, -0.05) is 19.0 Å². The lowest BCUT2D eigenvalue weighted by Crippen LogP contribution is -2.37. The average Bonchev–Trinajstić information content (AvgIpc) is 3.27. The molecule has 0 aliphatic carbocycles. The first kappa shape index (κ1) is 18.0. The molecule has 0 fully saturated rings. The van der Waals surface area contributed by atoms with Crippen LogP contribution in [-0.4, -0.2) is 34.3 Å². The van der Waals surface area contributed by atoms with E-state index in [1.165, 1.54) is 0 Å². The molecule has 24 heavy (non-hydrogen) atoms. The number of nitrogens with one attached hydrogen (secondary N) is 2. The first-order chi connectivity index (χ1) is 11.8. The van der Waals surface area contributed by atoms with Gasteiger partial charge in [-0.05, 0) is 19.3 Å². The van der Waals surface area contributed by atoms with Crippen molar-refractivity contribution in [3.63, 3.8) is 0 Å². The molecule has 0 saturated heterocycles. The maximum Gasteiger partial charge on any atom is 0.191 e. The van der Waals surface area contributed by atoms with Crippen LogP contribution in [0, 0.1) is 0 Å². The van der Waals surface area contributed by atoms with E-state index in [9.17, 15) is 0 Å². The van der Waals surface area contributed by atoms with Gasteiger partial charge in [0.2, 0.25) is 0 Å². The fourth-order valence-corrected chi connectivity index (χ4v) is 2.59. The Morgan fingerprint density at radius 3 is 2.83 bits per heavy atom. The zero-order valence-electron chi connectivity index (χ0n) is 14.8. The van der Waals surface area contributed by atoms with Gasteiger partial charge in [-0.3, -0.25) is 4.99 Å². The zero-order chi connectivity index (χ0) is 17.2. The summed E-state index contributed by atoms with van der Waals surface area (Å²) < 4.78 is 7.47. The van der Waals surface area contributed by atoms with Crippen LogP contribution >= 0.6 is 0 Å². The van der Waals surface area contributed by atoms with Gasteiger partial charge >= 0.3 is 0 Å². The van der Waals surface area contributed by atoms with Crippen LogP contribution < -0.4 is 10.6 Å². The first-order valence-corrected chi connectivity index (χ1v) is 8.62. The second-order valence-corrected chi connectivity index (χ2v) is 5.74. The first-order valence-electron chi connectivity index (χ1n) is 8.62. The highest BCUT2D eigenvalue weighted by Gasteiger charge is 2.13. The van der Waals surface area contributed by atoms with E-state index >= 15 is 0 Å². The standard InChI is InChI=1S/C17H28N6O/c1-4-14(5-2)16-11-15(24-22-16)12-21-17(18-3)20-7-6-9-23-10-8-19-13-23/h8,10-11,13-14H,4-7,9,12H2,1-3H3,(H2,18,20,21). The minimum Gasteiger partial charge on any atom is -0.359 e. The number of aryl methyl sites for hydroxylation is 1. The maximum absolute atomic E-state index is 5.41. The molecule has 0 bridgehead atoms. The lowest BCUT2D eigenvalue weighted by Gasteiger charge is -2.10. The van der Waals surface area contributed by atoms with Gasteiger partial charge in [0.25, 0.3) is 0 Å². The molecule has 0 unspecified atom stereocenters. The van der Waals surface area contributed by atoms with Crippen LogP contribution in [0.2, 0.25) is 0 Å². The molecule has 2 rings (SSSR count). The van der Waals surface area contributed by atoms with Crippen molar-refractivity contribution in [1.29, 1.82) is 0 Å². The number of imidazole rings is 1. The van der Waals surface area contributed by atoms with Crippen LogP contribution in [0.15, 0.2) is 34.3 Å². The summed E-state index contributed by atoms with van der Waals surface area (Å²) in [7, 11) is 1.77. The third kappa shape index (κ3) is 5.40. The van der Waals surface area contributed by atoms with Gasteiger partial charge in [0.15, 0.2) is 11.7 Å². The summed E-state index contributed by atoms with van der Waals surface area (Å²) in [6, 6.07) is 2.04. The number of rotatable bonds is 9. The Balaban J connectivity index is 1.71. The molecule has 0 atom stereocenters. The highest BCUT2D eigenvalue weighted by Crippen LogP contribution is 2.22. The molecule has 7 nitrogen and oxygen atoms in total. The van der Waals surface area contributed by atoms with Crippen LogP contribution in [0.4, 0.5) is 0 Å². The molecule has 0 aromatic carbocycles. The van der Waals surface area contributed by atoms with Crippen molar-refractivity contribution in [2.24, 2.45) is 4.99 Å². The fraction of sp³-hybridized carbons (Fsp3) is 0.588. The minimum atomic E-state index is 0.475. The molecule has 0 aliphatic rings. The Labute approximate surface area is 143 Å². The van der Waals surface area contributed by atoms with Gasteiger partial charge in [0.1, 0.15) is 0 Å². The Bertz CT molecular complexity index is 600. The van der Waals surface area contributed by atoms with Crippen LogP contribution in [-0.2, 0) is 13.1 Å². The smallest absolute Gasteiger partial charge is 0.191 e. The minimum absolute atomic E-state index is 0.475. The third-order valence-electron chi connectivity index (χ3n) is 4.08. The second-order valence-electron chi connectivity index (χ2n) is 5.74. The number of aromatic nitrogens is 3. The van der Waals surface area contributed by atoms with E-state index in [0.29, 0.717) is 12.5 Å². The zero-order valence-corrected chi connectivity index (χ0v) is 14.8. The van der Waals surface area contributed by atoms with Crippen molar-refractivity contribution >= 4 is 5.96 Å². The monoisotopic (exact) mass is 332 g/mol. The Morgan fingerprint density at radius 2 is 2.17 bits per heavy atom. The Kier molecular flexibility index (Phi) is 7.32. The topological polar surface area (TPSA) is 80.3 Å². The predicted octanol–water partition coefficient (Wildman–Crippen LogP) is 2.53. The van der Waals surface area contributed by atoms with E-state index in [-0.39, 0.29) is 0 Å². The molecule has 2 N–H and O–H groups in total. The molecule has 2 aromatic heterocycles. The lowest BCUT2D eigenvalue weighted by molar-refractivity contribution is 0.368. The molecular weight excluding hydrogens is 304 g/mol. The highest BCUT2D eigenvalue weighted by molar-refractivity contribution is 5.79. The van der Waals surface area contributed by atoms with Crippen LogP contribution in [0.5, 0.6) is 0 Å². The summed E-state index contributed by atoms with van der Waals surface area (Å²) in [5.74, 6) is 2.07. The van der Waals surface area contributed by atoms with Gasteiger partial charge in [-0.25, -0.2) is 4.98 Å². The molecular formula is C17H28N6O. The molecule has 2 aromatic rings. The number of hydrogen-bond acceptors (Lipinski definition) is 4. The molecule has 0 saturated carbocycles. The summed E-state index contributed by atoms with van der Waals surface area (Å²) in [5, 5.41) is 10.7. The molecule has 7 heteroatoms. The van der Waals surface area contributed by atoms with Crippen molar-refractivity contribution in [3.8, 4) is 0 Å². The van der Waals surface area contributed by atoms with Crippen molar-refractivity contribution < 1.29 is 4.52 Å². The average molecular weight is 332 g/mol. The van der Waals surface area contributed by atoms with E-state index in [1.807, 2.05) is 18.6 Å². The van der Waals surface area contributed by atoms with Crippen LogP contribution in [0.1, 0.15) is 50.5 Å². The number of hydrogen-bond donors (Lipinski definition) is 2. The quantitative estimate of drug-likeness (QED) is 0.419. The van der Waals surface area contributed by atoms with Gasteiger partial charge in [0, 0.05) is 44.5 Å². The normalized spacial score (nSPS) is 11.9. The summed E-state index contributed by atoms with van der Waals surface area (Å²) in [6.07, 6.45) is 8.74. The number of guanidine groups is 1. The number of nitrogens with zero attached hydrogens (tertiary/aromatic N) is 4. The Hall–Kier alpha value is -2.31. The summed E-state index contributed by atoms with van der Waals surface area (Å²) in [5.41, 5.74) is 1.04. The van der Waals surface area contributed by atoms with Gasteiger partial charge in [-0.15, -0.1) is 0 Å². The Morgan fingerprint density at radius 1 is 1.33 bits per heavy atom. The highest BCUT2D eigenvalue weighted by atomic mass is 16.5. The largest absolute Gasteiger partial charge is 0.359 e. The van der Waals surface area contributed by atoms with Gasteiger partial charge in [-0.2, -0.15) is 0 Å². The molecule has 0 amide bonds. The van der Waals surface area contributed by atoms with Crippen LogP contribution in [0.25, 0.3) is 0 Å². The lowest BCUT2D eigenvalue weighted by atomic mass is 9.99. The van der Waals surface area contributed by atoms with Gasteiger partial charge < -0.3 is 19.7 Å². The van der Waals surface area contributed by atoms with E-state index in [1.54, 1.807) is 13.2 Å². The molecule has 2 heterocycles. The van der Waals surface area contributed by atoms with Crippen molar-refractivity contribution in [2.75, 3.05) is 13.6 Å². The predicted molar refractivity (Wildman–Crippen MR) is 94.9 cm³/mol. The van der Waals surface area contributed by atoms with E-state index in [0.717, 1.165) is 49.8 Å². The second kappa shape index (κ2) is 9.75. The van der Waals surface area contributed by atoms with Crippen molar-refractivity contribution in [1.82, 2.24) is 25.3 Å². The molecule has 132 valence electrons. The van der Waals surface area contributed by atoms with E-state index in [2.05, 4.69) is 44.2 Å². The summed E-state index contributed by atoms with van der Waals surface area (Å²) in [4.78, 5) is 8.26. The fourth-order valence-electron chi connectivity index (χ4n) is 2.59. The molecule has 0 spiro atoms. The van der Waals surface area contributed by atoms with Gasteiger partial charge in [0.05, 0.1) is 18.6 Å². The van der Waals surface area contributed by atoms with E-state index in [4.69, 9.17) is 4.52 Å². The SMILES string of the molecule is CCC(CC)c1cc(CNC(=NC)NCCCn2ccnc2)on1. The summed E-state index contributed by atoms with van der Waals surface area (Å²) >= 11 is 0.